The van der Waals surface area contributed by atoms with Gasteiger partial charge in [0, 0.05) is 23.1 Å². The van der Waals surface area contributed by atoms with Crippen molar-refractivity contribution in [2.75, 3.05) is 6.61 Å². The van der Waals surface area contributed by atoms with Gasteiger partial charge < -0.3 is 29.7 Å². The highest BCUT2D eigenvalue weighted by Gasteiger charge is 2.17. The highest BCUT2D eigenvalue weighted by molar-refractivity contribution is 5.93. The second kappa shape index (κ2) is 12.7. The second-order valence-corrected chi connectivity index (χ2v) is 10.4. The van der Waals surface area contributed by atoms with Crippen LogP contribution in [0.2, 0.25) is 0 Å². The third kappa shape index (κ3) is 7.64. The Morgan fingerprint density at radius 1 is 0.975 bits per heavy atom. The Morgan fingerprint density at radius 3 is 2.52 bits per heavy atom. The Morgan fingerprint density at radius 2 is 1.77 bits per heavy atom. The number of nitrogens with two attached hydrogens (primary N) is 1. The quantitative estimate of drug-likeness (QED) is 0.226. The summed E-state index contributed by atoms with van der Waals surface area (Å²) in [6.45, 7) is 8.48. The van der Waals surface area contributed by atoms with Crippen LogP contribution in [0.4, 0.5) is 4.79 Å². The van der Waals surface area contributed by atoms with Crippen LogP contribution in [0.3, 0.4) is 0 Å². The molecule has 40 heavy (non-hydrogen) atoms. The minimum Gasteiger partial charge on any atom is -0.489 e. The largest absolute Gasteiger partial charge is 0.489 e. The van der Waals surface area contributed by atoms with E-state index in [1.165, 1.54) is 0 Å². The molecule has 0 radical (unpaired) electrons. The maximum absolute atomic E-state index is 12.1. The zero-order valence-electron chi connectivity index (χ0n) is 23.4. The molecule has 0 saturated carbocycles. The molecule has 0 spiro atoms. The lowest BCUT2D eigenvalue weighted by Crippen LogP contribution is -2.32. The fourth-order valence-electron chi connectivity index (χ4n) is 4.32. The normalized spacial score (nSPS) is 11.3. The molecule has 1 aromatic heterocycles. The molecule has 1 amide bonds. The predicted molar refractivity (Wildman–Crippen MR) is 154 cm³/mol. The number of hydrogen-bond acceptors (Lipinski definition) is 7. The maximum atomic E-state index is 12.1. The topological polar surface area (TPSA) is 113 Å². The summed E-state index contributed by atoms with van der Waals surface area (Å²) in [5, 5.41) is 3.72. The van der Waals surface area contributed by atoms with Crippen LogP contribution in [-0.2, 0) is 40.4 Å². The molecule has 0 atom stereocenters. The smallest absolute Gasteiger partial charge is 0.407 e. The summed E-state index contributed by atoms with van der Waals surface area (Å²) < 4.78 is 22.7. The van der Waals surface area contributed by atoms with Crippen molar-refractivity contribution in [1.82, 2.24) is 5.32 Å². The Balaban J connectivity index is 1.59. The first-order valence-corrected chi connectivity index (χ1v) is 13.3. The summed E-state index contributed by atoms with van der Waals surface area (Å²) in [6, 6.07) is 21.3. The molecular formula is C32H36N2O6. The monoisotopic (exact) mass is 544 g/mol. The summed E-state index contributed by atoms with van der Waals surface area (Å²) in [5.41, 5.74) is 10.5. The highest BCUT2D eigenvalue weighted by Crippen LogP contribution is 2.34. The van der Waals surface area contributed by atoms with E-state index in [4.69, 9.17) is 24.4 Å². The molecule has 0 aliphatic heterocycles. The number of nitrogens with one attached hydrogen (secondary N) is 1. The van der Waals surface area contributed by atoms with E-state index in [-0.39, 0.29) is 25.5 Å². The number of hydrogen-bond donors (Lipinski definition) is 2. The van der Waals surface area contributed by atoms with Gasteiger partial charge in [-0.2, -0.15) is 0 Å². The average Bonchev–Trinajstić information content (AvgIpc) is 3.34. The number of benzene rings is 3. The minimum atomic E-state index is -0.570. The average molecular weight is 545 g/mol. The molecular weight excluding hydrogens is 508 g/mol. The van der Waals surface area contributed by atoms with Crippen molar-refractivity contribution < 1.29 is 28.2 Å². The SMILES string of the molecule is CCOC(=O)Cc1ccccc1OCc1cc(-c2cccc(CNC(=O)OC(C)(C)C)c2)c2oc(CN)cc2c1. The van der Waals surface area contributed by atoms with E-state index >= 15 is 0 Å². The van der Waals surface area contributed by atoms with Crippen molar-refractivity contribution in [3.63, 3.8) is 0 Å². The van der Waals surface area contributed by atoms with Crippen molar-refractivity contribution in [3.05, 3.63) is 89.2 Å². The standard InChI is InChI=1S/C32H36N2O6/c1-5-37-29(35)17-24-10-6-7-12-28(24)38-20-22-14-25-16-26(18-33)39-30(25)27(15-22)23-11-8-9-21(13-23)19-34-31(36)40-32(2,3)4/h6-16H,5,17-20,33H2,1-4H3,(H,34,36). The minimum absolute atomic E-state index is 0.139. The van der Waals surface area contributed by atoms with E-state index in [2.05, 4.69) is 5.32 Å². The fourth-order valence-corrected chi connectivity index (χ4v) is 4.32. The van der Waals surface area contributed by atoms with Gasteiger partial charge in [0.15, 0.2) is 0 Å². The third-order valence-electron chi connectivity index (χ3n) is 6.01. The number of esters is 1. The number of alkyl carbamates (subject to hydrolysis) is 1. The number of furan rings is 1. The third-order valence-corrected chi connectivity index (χ3v) is 6.01. The van der Waals surface area contributed by atoms with E-state index in [0.717, 1.165) is 38.8 Å². The van der Waals surface area contributed by atoms with Crippen LogP contribution in [0, 0.1) is 0 Å². The molecule has 3 aromatic carbocycles. The van der Waals surface area contributed by atoms with E-state index in [0.29, 0.717) is 24.7 Å². The van der Waals surface area contributed by atoms with Crippen LogP contribution in [0.25, 0.3) is 22.1 Å². The number of para-hydroxylation sites is 1. The number of fused-ring (bicyclic) bond motifs is 1. The van der Waals surface area contributed by atoms with E-state index in [1.807, 2.05) is 87.5 Å². The molecule has 4 aromatic rings. The Labute approximate surface area is 234 Å². The van der Waals surface area contributed by atoms with Crippen LogP contribution in [0.15, 0.2) is 71.1 Å². The van der Waals surface area contributed by atoms with Crippen LogP contribution < -0.4 is 15.8 Å². The Bertz CT molecular complexity index is 1480. The molecule has 0 fully saturated rings. The van der Waals surface area contributed by atoms with Gasteiger partial charge in [0.25, 0.3) is 0 Å². The Hall–Kier alpha value is -4.30. The lowest BCUT2D eigenvalue weighted by atomic mass is 9.99. The van der Waals surface area contributed by atoms with Gasteiger partial charge in [-0.3, -0.25) is 4.79 Å². The maximum Gasteiger partial charge on any atom is 0.407 e. The molecule has 210 valence electrons. The predicted octanol–water partition coefficient (Wildman–Crippen LogP) is 6.27. The molecule has 0 aliphatic carbocycles. The molecule has 4 rings (SSSR count). The van der Waals surface area contributed by atoms with Gasteiger partial charge in [0.05, 0.1) is 19.6 Å². The van der Waals surface area contributed by atoms with Crippen LogP contribution in [0.1, 0.15) is 50.1 Å². The molecule has 3 N–H and O–H groups in total. The van der Waals surface area contributed by atoms with E-state index < -0.39 is 11.7 Å². The summed E-state index contributed by atoms with van der Waals surface area (Å²) in [4.78, 5) is 24.2. The number of carbonyl (C=O) groups excluding carboxylic acids is 2. The van der Waals surface area contributed by atoms with E-state index in [9.17, 15) is 9.59 Å². The molecule has 0 saturated heterocycles. The molecule has 0 unspecified atom stereocenters. The van der Waals surface area contributed by atoms with Crippen molar-refractivity contribution in [2.45, 2.75) is 59.4 Å². The zero-order chi connectivity index (χ0) is 28.7. The van der Waals surface area contributed by atoms with Gasteiger partial charge in [0.2, 0.25) is 0 Å². The summed E-state index contributed by atoms with van der Waals surface area (Å²) in [6.07, 6.45) is -0.332. The number of rotatable bonds is 10. The van der Waals surface area contributed by atoms with E-state index in [1.54, 1.807) is 6.92 Å². The fraction of sp³-hybridized carbons (Fsp3) is 0.312. The van der Waals surface area contributed by atoms with Gasteiger partial charge in [-0.25, -0.2) is 4.79 Å². The molecule has 8 heteroatoms. The summed E-state index contributed by atoms with van der Waals surface area (Å²) >= 11 is 0. The van der Waals surface area contributed by atoms with Gasteiger partial charge in [-0.15, -0.1) is 0 Å². The van der Waals surface area contributed by atoms with Crippen molar-refractivity contribution in [2.24, 2.45) is 5.73 Å². The van der Waals surface area contributed by atoms with Gasteiger partial charge in [-0.05, 0) is 74.7 Å². The first-order valence-electron chi connectivity index (χ1n) is 13.3. The molecule has 8 nitrogen and oxygen atoms in total. The highest BCUT2D eigenvalue weighted by atomic mass is 16.6. The molecule has 0 bridgehead atoms. The first-order chi connectivity index (χ1) is 19.1. The first kappa shape index (κ1) is 28.7. The van der Waals surface area contributed by atoms with Gasteiger partial charge in [-0.1, -0.05) is 36.4 Å². The second-order valence-electron chi connectivity index (χ2n) is 10.4. The molecule has 1 heterocycles. The summed E-state index contributed by atoms with van der Waals surface area (Å²) in [7, 11) is 0. The Kier molecular flexibility index (Phi) is 9.11. The lowest BCUT2D eigenvalue weighted by molar-refractivity contribution is -0.142. The number of carbonyl (C=O) groups is 2. The van der Waals surface area contributed by atoms with Crippen molar-refractivity contribution in [1.29, 1.82) is 0 Å². The van der Waals surface area contributed by atoms with Crippen molar-refractivity contribution >= 4 is 23.0 Å². The lowest BCUT2D eigenvalue weighted by Gasteiger charge is -2.19. The number of amides is 1. The van der Waals surface area contributed by atoms with Crippen LogP contribution >= 0.6 is 0 Å². The van der Waals surface area contributed by atoms with Crippen LogP contribution in [0.5, 0.6) is 5.75 Å². The molecule has 0 aliphatic rings. The van der Waals surface area contributed by atoms with Gasteiger partial charge >= 0.3 is 12.1 Å². The zero-order valence-corrected chi connectivity index (χ0v) is 23.4. The number of ether oxygens (including phenoxy) is 3. The van der Waals surface area contributed by atoms with Crippen LogP contribution in [-0.4, -0.2) is 24.3 Å². The summed E-state index contributed by atoms with van der Waals surface area (Å²) in [5.74, 6) is 1.01. The van der Waals surface area contributed by atoms with Crippen molar-refractivity contribution in [3.8, 4) is 16.9 Å². The van der Waals surface area contributed by atoms with Gasteiger partial charge in [0.1, 0.15) is 29.3 Å².